The van der Waals surface area contributed by atoms with Crippen LogP contribution in [0, 0.1) is 0 Å². The number of aryl methyl sites for hydroxylation is 1. The second kappa shape index (κ2) is 5.97. The zero-order chi connectivity index (χ0) is 15.6. The number of nitrogens with zero attached hydrogens (tertiary/aromatic N) is 2. The topological polar surface area (TPSA) is 29.9 Å². The van der Waals surface area contributed by atoms with E-state index in [-0.39, 0.29) is 11.1 Å². The van der Waals surface area contributed by atoms with Gasteiger partial charge < -0.3 is 5.32 Å². The quantitative estimate of drug-likeness (QED) is 0.882. The maximum atomic E-state index is 12.8. The highest BCUT2D eigenvalue weighted by Crippen LogP contribution is 2.36. The molecule has 0 aliphatic heterocycles. The van der Waals surface area contributed by atoms with Gasteiger partial charge in [0.2, 0.25) is 0 Å². The number of anilines is 1. The Kier molecular flexibility index (Phi) is 4.46. The monoisotopic (exact) mass is 317 g/mol. The van der Waals surface area contributed by atoms with E-state index < -0.39 is 11.7 Å². The SMILES string of the molecule is CCn1cc(C(C)Nc2ccc(Cl)c(C(F)(F)F)c2)cn1. The molecule has 0 amide bonds. The Labute approximate surface area is 125 Å². The van der Waals surface area contributed by atoms with Crippen LogP contribution in [0.4, 0.5) is 18.9 Å². The molecule has 114 valence electrons. The molecular weight excluding hydrogens is 303 g/mol. The van der Waals surface area contributed by atoms with Crippen molar-refractivity contribution in [1.82, 2.24) is 9.78 Å². The zero-order valence-corrected chi connectivity index (χ0v) is 12.3. The van der Waals surface area contributed by atoms with Crippen molar-refractivity contribution in [2.45, 2.75) is 32.6 Å². The molecule has 1 aromatic carbocycles. The molecule has 1 heterocycles. The number of alkyl halides is 3. The third kappa shape index (κ3) is 3.69. The summed E-state index contributed by atoms with van der Waals surface area (Å²) >= 11 is 5.60. The van der Waals surface area contributed by atoms with Gasteiger partial charge in [0.15, 0.2) is 0 Å². The second-order valence-corrected chi connectivity index (χ2v) is 5.09. The molecule has 7 heteroatoms. The average molecular weight is 318 g/mol. The van der Waals surface area contributed by atoms with Crippen LogP contribution >= 0.6 is 11.6 Å². The van der Waals surface area contributed by atoms with Crippen LogP contribution < -0.4 is 5.32 Å². The van der Waals surface area contributed by atoms with Crippen LogP contribution in [-0.4, -0.2) is 9.78 Å². The minimum absolute atomic E-state index is 0.160. The standard InChI is InChI=1S/C14H15ClF3N3/c1-3-21-8-10(7-19-21)9(2)20-11-4-5-13(15)12(6-11)14(16,17)18/h4-9,20H,3H2,1-2H3. The van der Waals surface area contributed by atoms with Crippen molar-refractivity contribution >= 4 is 17.3 Å². The van der Waals surface area contributed by atoms with Crippen molar-refractivity contribution in [3.63, 3.8) is 0 Å². The molecule has 0 spiro atoms. The van der Waals surface area contributed by atoms with Crippen LogP contribution in [0.3, 0.4) is 0 Å². The predicted molar refractivity (Wildman–Crippen MR) is 76.4 cm³/mol. The van der Waals surface area contributed by atoms with E-state index in [0.29, 0.717) is 5.69 Å². The summed E-state index contributed by atoms with van der Waals surface area (Å²) in [6.07, 6.45) is -0.912. The lowest BCUT2D eigenvalue weighted by atomic mass is 10.1. The Morgan fingerprint density at radius 3 is 2.67 bits per heavy atom. The summed E-state index contributed by atoms with van der Waals surface area (Å²) in [6.45, 7) is 4.56. The molecule has 1 N–H and O–H groups in total. The molecule has 0 radical (unpaired) electrons. The summed E-state index contributed by atoms with van der Waals surface area (Å²) in [4.78, 5) is 0. The van der Waals surface area contributed by atoms with E-state index in [0.717, 1.165) is 18.2 Å². The largest absolute Gasteiger partial charge is 0.417 e. The van der Waals surface area contributed by atoms with E-state index in [9.17, 15) is 13.2 Å². The fourth-order valence-corrected chi connectivity index (χ4v) is 2.17. The number of hydrogen-bond acceptors (Lipinski definition) is 2. The first-order valence-corrected chi connectivity index (χ1v) is 6.84. The number of rotatable bonds is 4. The highest BCUT2D eigenvalue weighted by Gasteiger charge is 2.33. The van der Waals surface area contributed by atoms with Gasteiger partial charge in [-0.2, -0.15) is 18.3 Å². The first-order valence-electron chi connectivity index (χ1n) is 6.47. The molecule has 0 saturated heterocycles. The van der Waals surface area contributed by atoms with Gasteiger partial charge in [0.25, 0.3) is 0 Å². The van der Waals surface area contributed by atoms with Gasteiger partial charge in [-0.25, -0.2) is 0 Å². The van der Waals surface area contributed by atoms with Crippen molar-refractivity contribution in [3.05, 3.63) is 46.7 Å². The van der Waals surface area contributed by atoms with Crippen molar-refractivity contribution in [1.29, 1.82) is 0 Å². The molecule has 1 aromatic heterocycles. The lowest BCUT2D eigenvalue weighted by molar-refractivity contribution is -0.137. The number of nitrogens with one attached hydrogen (secondary N) is 1. The minimum Gasteiger partial charge on any atom is -0.378 e. The molecule has 0 bridgehead atoms. The van der Waals surface area contributed by atoms with Crippen molar-refractivity contribution in [2.24, 2.45) is 0 Å². The van der Waals surface area contributed by atoms with Crippen LogP contribution in [0.1, 0.15) is 31.0 Å². The molecule has 0 saturated carbocycles. The van der Waals surface area contributed by atoms with Gasteiger partial charge >= 0.3 is 6.18 Å². The summed E-state index contributed by atoms with van der Waals surface area (Å²) in [5.41, 5.74) is 0.425. The summed E-state index contributed by atoms with van der Waals surface area (Å²) in [5, 5.41) is 6.86. The van der Waals surface area contributed by atoms with Crippen molar-refractivity contribution in [3.8, 4) is 0 Å². The number of benzene rings is 1. The lowest BCUT2D eigenvalue weighted by Crippen LogP contribution is -2.09. The summed E-state index contributed by atoms with van der Waals surface area (Å²) in [5.74, 6) is 0. The first-order chi connectivity index (χ1) is 9.81. The molecular formula is C14H15ClF3N3. The van der Waals surface area contributed by atoms with Crippen LogP contribution in [0.2, 0.25) is 5.02 Å². The highest BCUT2D eigenvalue weighted by molar-refractivity contribution is 6.31. The van der Waals surface area contributed by atoms with E-state index in [1.165, 1.54) is 12.1 Å². The maximum Gasteiger partial charge on any atom is 0.417 e. The Bertz CT molecular complexity index is 622. The molecule has 0 fully saturated rings. The Balaban J connectivity index is 2.19. The van der Waals surface area contributed by atoms with Crippen molar-refractivity contribution in [2.75, 3.05) is 5.32 Å². The molecule has 21 heavy (non-hydrogen) atoms. The van der Waals surface area contributed by atoms with Gasteiger partial charge in [-0.1, -0.05) is 11.6 Å². The highest BCUT2D eigenvalue weighted by atomic mass is 35.5. The van der Waals surface area contributed by atoms with Crippen LogP contribution in [0.15, 0.2) is 30.6 Å². The Morgan fingerprint density at radius 2 is 2.10 bits per heavy atom. The first kappa shape index (κ1) is 15.7. The zero-order valence-electron chi connectivity index (χ0n) is 11.6. The minimum atomic E-state index is -4.47. The van der Waals surface area contributed by atoms with Crippen LogP contribution in [-0.2, 0) is 12.7 Å². The third-order valence-electron chi connectivity index (χ3n) is 3.13. The number of aromatic nitrogens is 2. The van der Waals surface area contributed by atoms with Gasteiger partial charge in [0, 0.05) is 24.0 Å². The Morgan fingerprint density at radius 1 is 1.38 bits per heavy atom. The smallest absolute Gasteiger partial charge is 0.378 e. The second-order valence-electron chi connectivity index (χ2n) is 4.69. The number of halogens is 4. The molecule has 0 aliphatic rings. The normalized spacial score (nSPS) is 13.2. The fraction of sp³-hybridized carbons (Fsp3) is 0.357. The lowest BCUT2D eigenvalue weighted by Gasteiger charge is -2.16. The average Bonchev–Trinajstić information content (AvgIpc) is 2.88. The molecule has 2 aromatic rings. The summed E-state index contributed by atoms with van der Waals surface area (Å²) < 4.78 is 40.2. The molecule has 1 unspecified atom stereocenters. The van der Waals surface area contributed by atoms with E-state index >= 15 is 0 Å². The van der Waals surface area contributed by atoms with Gasteiger partial charge in [-0.15, -0.1) is 0 Å². The van der Waals surface area contributed by atoms with Crippen LogP contribution in [0.25, 0.3) is 0 Å². The van der Waals surface area contributed by atoms with E-state index in [1.807, 2.05) is 20.0 Å². The molecule has 2 rings (SSSR count). The fourth-order valence-electron chi connectivity index (χ4n) is 1.94. The van der Waals surface area contributed by atoms with Gasteiger partial charge in [-0.05, 0) is 32.0 Å². The van der Waals surface area contributed by atoms with Gasteiger partial charge in [0.05, 0.1) is 22.8 Å². The molecule has 1 atom stereocenters. The van der Waals surface area contributed by atoms with Crippen molar-refractivity contribution < 1.29 is 13.2 Å². The van der Waals surface area contributed by atoms with E-state index in [1.54, 1.807) is 10.9 Å². The van der Waals surface area contributed by atoms with E-state index in [4.69, 9.17) is 11.6 Å². The predicted octanol–water partition coefficient (Wildman–Crippen LogP) is 4.75. The summed E-state index contributed by atoms with van der Waals surface area (Å²) in [6, 6.07) is 3.63. The van der Waals surface area contributed by atoms with Gasteiger partial charge in [0.1, 0.15) is 0 Å². The molecule has 0 aliphatic carbocycles. The van der Waals surface area contributed by atoms with Crippen LogP contribution in [0.5, 0.6) is 0 Å². The third-order valence-corrected chi connectivity index (χ3v) is 3.46. The van der Waals surface area contributed by atoms with E-state index in [2.05, 4.69) is 10.4 Å². The Hall–Kier alpha value is -1.69. The van der Waals surface area contributed by atoms with Gasteiger partial charge in [-0.3, -0.25) is 4.68 Å². The summed E-state index contributed by atoms with van der Waals surface area (Å²) in [7, 11) is 0. The molecule has 3 nitrogen and oxygen atoms in total. The number of hydrogen-bond donors (Lipinski definition) is 1. The maximum absolute atomic E-state index is 12.8.